The number of carbonyl (C=O) groups excluding carboxylic acids is 1. The Morgan fingerprint density at radius 2 is 2.32 bits per heavy atom. The standard InChI is InChI=1S/C17H22N2O2S/c1-11(2)16(20)19(10-13-5-4-8-21-13)17-18-14-7-6-12(3)9-15(14)22-17/h6-7,9,11,13H,4-5,8,10H2,1-3H3. The molecule has 0 bridgehead atoms. The number of aryl methyl sites for hydroxylation is 1. The van der Waals surface area contributed by atoms with Gasteiger partial charge in [0.1, 0.15) is 0 Å². The summed E-state index contributed by atoms with van der Waals surface area (Å²) in [5, 5.41) is 0.787. The van der Waals surface area contributed by atoms with Crippen molar-refractivity contribution < 1.29 is 9.53 Å². The Bertz CT molecular complexity index is 674. The molecule has 4 nitrogen and oxygen atoms in total. The number of rotatable bonds is 4. The minimum atomic E-state index is -0.0462. The van der Waals surface area contributed by atoms with Crippen LogP contribution in [0, 0.1) is 12.8 Å². The maximum absolute atomic E-state index is 12.6. The minimum Gasteiger partial charge on any atom is -0.376 e. The van der Waals surface area contributed by atoms with Crippen molar-refractivity contribution in [3.05, 3.63) is 23.8 Å². The summed E-state index contributed by atoms with van der Waals surface area (Å²) in [6.07, 6.45) is 2.23. The lowest BCUT2D eigenvalue weighted by atomic mass is 10.1. The minimum absolute atomic E-state index is 0.0462. The number of aromatic nitrogens is 1. The third-order valence-electron chi connectivity index (χ3n) is 3.93. The van der Waals surface area contributed by atoms with E-state index in [-0.39, 0.29) is 17.9 Å². The highest BCUT2D eigenvalue weighted by Gasteiger charge is 2.27. The molecule has 1 fully saturated rings. The van der Waals surface area contributed by atoms with Crippen LogP contribution in [0.3, 0.4) is 0 Å². The summed E-state index contributed by atoms with van der Waals surface area (Å²) in [4.78, 5) is 19.1. The van der Waals surface area contributed by atoms with E-state index in [9.17, 15) is 4.79 Å². The van der Waals surface area contributed by atoms with Gasteiger partial charge in [0.15, 0.2) is 5.13 Å². The summed E-state index contributed by atoms with van der Waals surface area (Å²) < 4.78 is 6.84. The molecule has 0 N–H and O–H groups in total. The van der Waals surface area contributed by atoms with Gasteiger partial charge >= 0.3 is 0 Å². The Kier molecular flexibility index (Phi) is 4.45. The number of nitrogens with zero attached hydrogens (tertiary/aromatic N) is 2. The average Bonchev–Trinajstić information content (AvgIpc) is 3.12. The molecule has 118 valence electrons. The molecule has 0 radical (unpaired) electrons. The zero-order valence-corrected chi connectivity index (χ0v) is 14.2. The molecule has 1 saturated heterocycles. The van der Waals surface area contributed by atoms with Crippen molar-refractivity contribution in [2.45, 2.75) is 39.7 Å². The summed E-state index contributed by atoms with van der Waals surface area (Å²) >= 11 is 1.59. The van der Waals surface area contributed by atoms with Gasteiger partial charge in [-0.25, -0.2) is 4.98 Å². The van der Waals surface area contributed by atoms with E-state index in [1.165, 1.54) is 5.56 Å². The summed E-state index contributed by atoms with van der Waals surface area (Å²) in [5.41, 5.74) is 2.17. The first kappa shape index (κ1) is 15.4. The van der Waals surface area contributed by atoms with E-state index in [0.29, 0.717) is 6.54 Å². The third kappa shape index (κ3) is 3.15. The van der Waals surface area contributed by atoms with Gasteiger partial charge in [0, 0.05) is 12.5 Å². The first-order chi connectivity index (χ1) is 10.5. The highest BCUT2D eigenvalue weighted by molar-refractivity contribution is 7.22. The van der Waals surface area contributed by atoms with E-state index >= 15 is 0 Å². The molecule has 0 aliphatic carbocycles. The number of thiazole rings is 1. The fourth-order valence-corrected chi connectivity index (χ4v) is 3.78. The number of amides is 1. The number of carbonyl (C=O) groups is 1. The molecule has 1 aliphatic rings. The number of anilines is 1. The van der Waals surface area contributed by atoms with Gasteiger partial charge in [0.2, 0.25) is 5.91 Å². The molecule has 1 aliphatic heterocycles. The summed E-state index contributed by atoms with van der Waals surface area (Å²) in [5.74, 6) is 0.0708. The van der Waals surface area contributed by atoms with Crippen LogP contribution in [0.15, 0.2) is 18.2 Å². The van der Waals surface area contributed by atoms with Crippen LogP contribution in [-0.2, 0) is 9.53 Å². The molecule has 1 unspecified atom stereocenters. The van der Waals surface area contributed by atoms with Crippen LogP contribution in [0.4, 0.5) is 5.13 Å². The Labute approximate surface area is 135 Å². The Balaban J connectivity index is 1.93. The van der Waals surface area contributed by atoms with Crippen LogP contribution in [0.25, 0.3) is 10.2 Å². The Morgan fingerprint density at radius 3 is 3.00 bits per heavy atom. The second kappa shape index (κ2) is 6.34. The van der Waals surface area contributed by atoms with Gasteiger partial charge in [0.25, 0.3) is 0 Å². The van der Waals surface area contributed by atoms with E-state index in [2.05, 4.69) is 24.0 Å². The highest BCUT2D eigenvalue weighted by Crippen LogP contribution is 2.31. The SMILES string of the molecule is Cc1ccc2nc(N(CC3CCCO3)C(=O)C(C)C)sc2c1. The van der Waals surface area contributed by atoms with E-state index in [0.717, 1.165) is 34.8 Å². The third-order valence-corrected chi connectivity index (χ3v) is 4.97. The van der Waals surface area contributed by atoms with Crippen molar-refractivity contribution in [2.24, 2.45) is 5.92 Å². The maximum Gasteiger partial charge on any atom is 0.231 e. The molecule has 2 heterocycles. The molecule has 3 rings (SSSR count). The van der Waals surface area contributed by atoms with E-state index in [4.69, 9.17) is 4.74 Å². The van der Waals surface area contributed by atoms with Crippen LogP contribution in [-0.4, -0.2) is 30.1 Å². The van der Waals surface area contributed by atoms with Crippen molar-refractivity contribution in [2.75, 3.05) is 18.1 Å². The monoisotopic (exact) mass is 318 g/mol. The maximum atomic E-state index is 12.6. The number of hydrogen-bond acceptors (Lipinski definition) is 4. The first-order valence-electron chi connectivity index (χ1n) is 7.85. The van der Waals surface area contributed by atoms with Crippen molar-refractivity contribution in [1.29, 1.82) is 0 Å². The topological polar surface area (TPSA) is 42.4 Å². The van der Waals surface area contributed by atoms with Crippen LogP contribution in [0.1, 0.15) is 32.3 Å². The molecule has 1 atom stereocenters. The molecule has 0 spiro atoms. The molecule has 5 heteroatoms. The lowest BCUT2D eigenvalue weighted by molar-refractivity contribution is -0.121. The Morgan fingerprint density at radius 1 is 1.50 bits per heavy atom. The van der Waals surface area contributed by atoms with Gasteiger partial charge in [-0.15, -0.1) is 0 Å². The second-order valence-corrected chi connectivity index (χ2v) is 7.22. The summed E-state index contributed by atoms with van der Waals surface area (Å²) in [6.45, 7) is 7.34. The van der Waals surface area contributed by atoms with Gasteiger partial charge in [-0.2, -0.15) is 0 Å². The zero-order chi connectivity index (χ0) is 15.7. The van der Waals surface area contributed by atoms with Crippen molar-refractivity contribution in [3.63, 3.8) is 0 Å². The van der Waals surface area contributed by atoms with Crippen LogP contribution >= 0.6 is 11.3 Å². The molecule has 2 aromatic rings. The summed E-state index contributed by atoms with van der Waals surface area (Å²) in [6, 6.07) is 6.20. The van der Waals surface area contributed by atoms with Crippen LogP contribution in [0.2, 0.25) is 0 Å². The molecule has 22 heavy (non-hydrogen) atoms. The van der Waals surface area contributed by atoms with Crippen molar-refractivity contribution >= 4 is 32.6 Å². The number of ether oxygens (including phenoxy) is 1. The van der Waals surface area contributed by atoms with E-state index in [1.807, 2.05) is 24.8 Å². The van der Waals surface area contributed by atoms with Gasteiger partial charge in [-0.1, -0.05) is 31.3 Å². The highest BCUT2D eigenvalue weighted by atomic mass is 32.1. The molecule has 1 amide bonds. The average molecular weight is 318 g/mol. The van der Waals surface area contributed by atoms with E-state index in [1.54, 1.807) is 11.3 Å². The fourth-order valence-electron chi connectivity index (χ4n) is 2.70. The first-order valence-corrected chi connectivity index (χ1v) is 8.66. The number of hydrogen-bond donors (Lipinski definition) is 0. The second-order valence-electron chi connectivity index (χ2n) is 6.21. The lowest BCUT2D eigenvalue weighted by Crippen LogP contribution is -2.39. The smallest absolute Gasteiger partial charge is 0.231 e. The van der Waals surface area contributed by atoms with Crippen molar-refractivity contribution in [1.82, 2.24) is 4.98 Å². The Hall–Kier alpha value is -1.46. The van der Waals surface area contributed by atoms with Gasteiger partial charge in [-0.05, 0) is 37.5 Å². The van der Waals surface area contributed by atoms with Crippen LogP contribution < -0.4 is 4.90 Å². The zero-order valence-electron chi connectivity index (χ0n) is 13.3. The molecule has 1 aromatic carbocycles. The molecule has 1 aromatic heterocycles. The molecular weight excluding hydrogens is 296 g/mol. The predicted octanol–water partition coefficient (Wildman–Crippen LogP) is 3.77. The lowest BCUT2D eigenvalue weighted by Gasteiger charge is -2.24. The predicted molar refractivity (Wildman–Crippen MR) is 90.5 cm³/mol. The normalized spacial score (nSPS) is 18.3. The van der Waals surface area contributed by atoms with Gasteiger partial charge in [0.05, 0.1) is 22.9 Å². The van der Waals surface area contributed by atoms with Crippen LogP contribution in [0.5, 0.6) is 0 Å². The molecule has 0 saturated carbocycles. The summed E-state index contributed by atoms with van der Waals surface area (Å²) in [7, 11) is 0. The largest absolute Gasteiger partial charge is 0.376 e. The van der Waals surface area contributed by atoms with Crippen molar-refractivity contribution in [3.8, 4) is 0 Å². The fraction of sp³-hybridized carbons (Fsp3) is 0.529. The van der Waals surface area contributed by atoms with Gasteiger partial charge in [-0.3, -0.25) is 9.69 Å². The number of benzene rings is 1. The van der Waals surface area contributed by atoms with E-state index < -0.39 is 0 Å². The quantitative estimate of drug-likeness (QED) is 0.861. The molecular formula is C17H22N2O2S. The number of fused-ring (bicyclic) bond motifs is 1. The van der Waals surface area contributed by atoms with Gasteiger partial charge < -0.3 is 4.74 Å².